The molecule has 0 atom stereocenters. The number of ether oxygens (including phenoxy) is 1. The number of methoxy groups -OCH3 is 1. The highest BCUT2D eigenvalue weighted by molar-refractivity contribution is 7.80. The lowest BCUT2D eigenvalue weighted by Crippen LogP contribution is -2.23. The van der Waals surface area contributed by atoms with E-state index < -0.39 is 0 Å². The fourth-order valence-electron chi connectivity index (χ4n) is 0.974. The molecule has 0 fully saturated rings. The van der Waals surface area contributed by atoms with Crippen LogP contribution < -0.4 is 15.9 Å². The van der Waals surface area contributed by atoms with E-state index in [-0.39, 0.29) is 10.9 Å². The number of nitrogens with zero attached hydrogens (tertiary/aromatic N) is 1. The number of rotatable bonds is 3. The third-order valence-corrected chi connectivity index (χ3v) is 1.72. The fraction of sp³-hybridized carbons (Fsp3) is 0.111. The Morgan fingerprint density at radius 3 is 3.00 bits per heavy atom. The van der Waals surface area contributed by atoms with Gasteiger partial charge >= 0.3 is 0 Å². The van der Waals surface area contributed by atoms with Gasteiger partial charge in [0.2, 0.25) is 0 Å². The number of hydrogen-bond donors (Lipinski definition) is 3. The standard InChI is InChI=1S/C9H11N3O2S/c1-14-7-4-2-3-6(8(7)13)5-11-12-9(10)15/h2-5,13H,1H3,(H3,10,12,15)/b11-5-. The van der Waals surface area contributed by atoms with Gasteiger partial charge in [-0.1, -0.05) is 6.07 Å². The molecule has 0 spiro atoms. The molecular formula is C9H11N3O2S. The largest absolute Gasteiger partial charge is 0.504 e. The summed E-state index contributed by atoms with van der Waals surface area (Å²) in [6.45, 7) is 0. The van der Waals surface area contributed by atoms with Gasteiger partial charge in [0.05, 0.1) is 13.3 Å². The van der Waals surface area contributed by atoms with Crippen LogP contribution in [0.2, 0.25) is 0 Å². The molecule has 0 aromatic heterocycles. The van der Waals surface area contributed by atoms with Crippen LogP contribution in [0.4, 0.5) is 0 Å². The van der Waals surface area contributed by atoms with Crippen LogP contribution in [0.3, 0.4) is 0 Å². The first-order valence-corrected chi connectivity index (χ1v) is 4.50. The summed E-state index contributed by atoms with van der Waals surface area (Å²) < 4.78 is 4.93. The van der Waals surface area contributed by atoms with Gasteiger partial charge in [-0.15, -0.1) is 0 Å². The summed E-state index contributed by atoms with van der Waals surface area (Å²) in [5.41, 5.74) is 8.07. The Balaban J connectivity index is 2.85. The Morgan fingerprint density at radius 2 is 2.40 bits per heavy atom. The van der Waals surface area contributed by atoms with Crippen LogP contribution in [-0.2, 0) is 0 Å². The average molecular weight is 225 g/mol. The molecule has 1 aromatic rings. The molecule has 0 saturated heterocycles. The number of aromatic hydroxyl groups is 1. The van der Waals surface area contributed by atoms with E-state index in [0.29, 0.717) is 11.3 Å². The monoisotopic (exact) mass is 225 g/mol. The fourth-order valence-corrected chi connectivity index (χ4v) is 1.03. The number of nitrogens with two attached hydrogens (primary N) is 1. The van der Waals surface area contributed by atoms with E-state index in [4.69, 9.17) is 10.5 Å². The first-order chi connectivity index (χ1) is 7.15. The van der Waals surface area contributed by atoms with Gasteiger partial charge in [0, 0.05) is 5.56 Å². The molecule has 15 heavy (non-hydrogen) atoms. The summed E-state index contributed by atoms with van der Waals surface area (Å²) >= 11 is 4.56. The molecular weight excluding hydrogens is 214 g/mol. The number of hydrazone groups is 1. The van der Waals surface area contributed by atoms with Crippen molar-refractivity contribution in [3.63, 3.8) is 0 Å². The van der Waals surface area contributed by atoms with Gasteiger partial charge in [0.1, 0.15) is 0 Å². The van der Waals surface area contributed by atoms with E-state index in [1.807, 2.05) is 0 Å². The van der Waals surface area contributed by atoms with Crippen molar-refractivity contribution in [2.75, 3.05) is 7.11 Å². The zero-order valence-corrected chi connectivity index (χ0v) is 8.91. The second-order valence-electron chi connectivity index (χ2n) is 2.63. The summed E-state index contributed by atoms with van der Waals surface area (Å²) in [6, 6.07) is 5.07. The van der Waals surface area contributed by atoms with Crippen LogP contribution in [0.15, 0.2) is 23.3 Å². The number of thiocarbonyl (C=S) groups is 1. The Bertz CT molecular complexity index is 393. The van der Waals surface area contributed by atoms with Crippen LogP contribution >= 0.6 is 12.2 Å². The summed E-state index contributed by atoms with van der Waals surface area (Å²) in [5.74, 6) is 0.405. The second kappa shape index (κ2) is 5.16. The van der Waals surface area contributed by atoms with Crippen LogP contribution in [0.25, 0.3) is 0 Å². The number of nitrogens with one attached hydrogen (secondary N) is 1. The number of phenolic OH excluding ortho intramolecular Hbond substituents is 1. The maximum absolute atomic E-state index is 9.65. The number of phenols is 1. The first-order valence-electron chi connectivity index (χ1n) is 4.09. The van der Waals surface area contributed by atoms with Gasteiger partial charge in [-0.25, -0.2) is 0 Å². The molecule has 1 aromatic carbocycles. The molecule has 0 aliphatic carbocycles. The van der Waals surface area contributed by atoms with Crippen LogP contribution in [0.5, 0.6) is 11.5 Å². The van der Waals surface area contributed by atoms with Crippen molar-refractivity contribution >= 4 is 23.5 Å². The lowest BCUT2D eigenvalue weighted by Gasteiger charge is -2.04. The van der Waals surface area contributed by atoms with Crippen molar-refractivity contribution in [3.05, 3.63) is 23.8 Å². The molecule has 80 valence electrons. The Kier molecular flexibility index (Phi) is 3.87. The van der Waals surface area contributed by atoms with E-state index in [2.05, 4.69) is 22.7 Å². The minimum Gasteiger partial charge on any atom is -0.504 e. The van der Waals surface area contributed by atoms with Gasteiger partial charge in [-0.05, 0) is 24.4 Å². The molecule has 0 aliphatic rings. The maximum atomic E-state index is 9.65. The van der Waals surface area contributed by atoms with Crippen molar-refractivity contribution in [2.45, 2.75) is 0 Å². The van der Waals surface area contributed by atoms with Gasteiger partial charge in [-0.3, -0.25) is 5.43 Å². The highest BCUT2D eigenvalue weighted by atomic mass is 32.1. The van der Waals surface area contributed by atoms with Crippen LogP contribution in [0, 0.1) is 0 Å². The van der Waals surface area contributed by atoms with Crippen LogP contribution in [-0.4, -0.2) is 23.5 Å². The smallest absolute Gasteiger partial charge is 0.184 e. The van der Waals surface area contributed by atoms with Gasteiger partial charge in [0.15, 0.2) is 16.6 Å². The topological polar surface area (TPSA) is 79.9 Å². The summed E-state index contributed by atoms with van der Waals surface area (Å²) in [7, 11) is 1.48. The lowest BCUT2D eigenvalue weighted by atomic mass is 10.2. The number of benzene rings is 1. The highest BCUT2D eigenvalue weighted by Gasteiger charge is 2.04. The Labute approximate surface area is 92.5 Å². The third-order valence-electron chi connectivity index (χ3n) is 1.63. The third kappa shape index (κ3) is 3.10. The molecule has 4 N–H and O–H groups in total. The Hall–Kier alpha value is -1.82. The second-order valence-corrected chi connectivity index (χ2v) is 3.07. The van der Waals surface area contributed by atoms with Gasteiger partial charge in [-0.2, -0.15) is 5.10 Å². The quantitative estimate of drug-likeness (QED) is 0.398. The number of para-hydroxylation sites is 1. The van der Waals surface area contributed by atoms with Gasteiger partial charge in [0.25, 0.3) is 0 Å². The molecule has 0 amide bonds. The first kappa shape index (κ1) is 11.3. The predicted octanol–water partition coefficient (Wildman–Crippen LogP) is 0.568. The summed E-state index contributed by atoms with van der Waals surface area (Å²) in [4.78, 5) is 0. The molecule has 6 heteroatoms. The molecule has 0 saturated carbocycles. The van der Waals surface area contributed by atoms with E-state index in [1.165, 1.54) is 13.3 Å². The van der Waals surface area contributed by atoms with E-state index in [9.17, 15) is 5.11 Å². The van der Waals surface area contributed by atoms with E-state index >= 15 is 0 Å². The zero-order valence-electron chi connectivity index (χ0n) is 8.10. The van der Waals surface area contributed by atoms with Crippen LogP contribution in [0.1, 0.15) is 5.56 Å². The maximum Gasteiger partial charge on any atom is 0.184 e. The number of hydrogen-bond acceptors (Lipinski definition) is 4. The van der Waals surface area contributed by atoms with Gasteiger partial charge < -0.3 is 15.6 Å². The van der Waals surface area contributed by atoms with Crippen molar-refractivity contribution in [3.8, 4) is 11.5 Å². The predicted molar refractivity (Wildman–Crippen MR) is 62.2 cm³/mol. The summed E-state index contributed by atoms with van der Waals surface area (Å²) in [5, 5.41) is 13.4. The lowest BCUT2D eigenvalue weighted by molar-refractivity contribution is 0.373. The summed E-state index contributed by atoms with van der Waals surface area (Å²) in [6.07, 6.45) is 1.40. The SMILES string of the molecule is COc1cccc(/C=N\NC(N)=S)c1O. The molecule has 5 nitrogen and oxygen atoms in total. The zero-order chi connectivity index (χ0) is 11.3. The van der Waals surface area contributed by atoms with Crippen molar-refractivity contribution in [2.24, 2.45) is 10.8 Å². The molecule has 0 bridgehead atoms. The molecule has 1 rings (SSSR count). The molecule has 0 heterocycles. The minimum atomic E-state index is 0.0217. The van der Waals surface area contributed by atoms with Crippen molar-refractivity contribution in [1.29, 1.82) is 0 Å². The molecule has 0 aliphatic heterocycles. The van der Waals surface area contributed by atoms with Crippen molar-refractivity contribution in [1.82, 2.24) is 5.43 Å². The minimum absolute atomic E-state index is 0.0217. The van der Waals surface area contributed by atoms with Crippen molar-refractivity contribution < 1.29 is 9.84 Å². The Morgan fingerprint density at radius 1 is 1.67 bits per heavy atom. The normalized spacial score (nSPS) is 10.2. The highest BCUT2D eigenvalue weighted by Crippen LogP contribution is 2.27. The molecule has 0 radical (unpaired) electrons. The van der Waals surface area contributed by atoms with E-state index in [1.54, 1.807) is 18.2 Å². The average Bonchev–Trinajstić information content (AvgIpc) is 2.20. The molecule has 0 unspecified atom stereocenters. The van der Waals surface area contributed by atoms with E-state index in [0.717, 1.165) is 0 Å².